The molecule has 2 aromatic carbocycles. The standard InChI is InChI=1S/C21H22F3N3O4S/c1-12-4-3-5-15(10-12)27-32(30,31)17-11-14(7-6-13(17)2)25-19(28)16-8-9-18(21(22,23)24)26-20(16)29/h3-7,10-11,16,18,27H,8-9H2,1-2H3,(H,25,28)(H,26,29). The molecule has 0 spiro atoms. The molecular formula is C21H22F3N3O4S. The van der Waals surface area contributed by atoms with Crippen LogP contribution < -0.4 is 15.4 Å². The van der Waals surface area contributed by atoms with Crippen LogP contribution in [0.3, 0.4) is 0 Å². The highest BCUT2D eigenvalue weighted by Crippen LogP contribution is 2.29. The number of benzene rings is 2. The summed E-state index contributed by atoms with van der Waals surface area (Å²) in [5.74, 6) is -3.13. The van der Waals surface area contributed by atoms with Crippen LogP contribution in [0.4, 0.5) is 24.5 Å². The van der Waals surface area contributed by atoms with Gasteiger partial charge in [0.05, 0.1) is 4.90 Å². The van der Waals surface area contributed by atoms with Gasteiger partial charge in [0.2, 0.25) is 11.8 Å². The Bertz CT molecular complexity index is 1150. The monoisotopic (exact) mass is 469 g/mol. The van der Waals surface area contributed by atoms with Crippen molar-refractivity contribution in [2.45, 2.75) is 43.8 Å². The molecule has 0 aromatic heterocycles. The average Bonchev–Trinajstić information content (AvgIpc) is 2.68. The molecule has 0 aliphatic carbocycles. The Morgan fingerprint density at radius 1 is 1.06 bits per heavy atom. The van der Waals surface area contributed by atoms with Crippen molar-refractivity contribution in [1.29, 1.82) is 0 Å². The summed E-state index contributed by atoms with van der Waals surface area (Å²) in [6.07, 6.45) is -5.27. The first-order valence-electron chi connectivity index (χ1n) is 9.75. The van der Waals surface area contributed by atoms with E-state index in [2.05, 4.69) is 10.0 Å². The van der Waals surface area contributed by atoms with Crippen LogP contribution in [0.1, 0.15) is 24.0 Å². The van der Waals surface area contributed by atoms with Crippen molar-refractivity contribution in [2.75, 3.05) is 10.0 Å². The molecule has 0 saturated carbocycles. The maximum atomic E-state index is 12.9. The second-order valence-electron chi connectivity index (χ2n) is 7.68. The molecule has 172 valence electrons. The van der Waals surface area contributed by atoms with E-state index in [0.29, 0.717) is 11.3 Å². The zero-order valence-electron chi connectivity index (χ0n) is 17.3. The first-order valence-corrected chi connectivity index (χ1v) is 11.2. The molecule has 2 atom stereocenters. The third-order valence-electron chi connectivity index (χ3n) is 5.10. The molecule has 2 amide bonds. The molecule has 0 bridgehead atoms. The molecule has 0 radical (unpaired) electrons. The van der Waals surface area contributed by atoms with Gasteiger partial charge in [-0.2, -0.15) is 13.2 Å². The van der Waals surface area contributed by atoms with Crippen molar-refractivity contribution < 1.29 is 31.2 Å². The van der Waals surface area contributed by atoms with Gasteiger partial charge in [0.1, 0.15) is 12.0 Å². The van der Waals surface area contributed by atoms with Crippen molar-refractivity contribution in [2.24, 2.45) is 5.92 Å². The number of aryl methyl sites for hydroxylation is 2. The minimum Gasteiger partial charge on any atom is -0.344 e. The predicted molar refractivity (Wildman–Crippen MR) is 113 cm³/mol. The Morgan fingerprint density at radius 3 is 2.41 bits per heavy atom. The van der Waals surface area contributed by atoms with Crippen molar-refractivity contribution in [3.05, 3.63) is 53.6 Å². The van der Waals surface area contributed by atoms with E-state index in [1.165, 1.54) is 18.2 Å². The Labute approximate surface area is 183 Å². The van der Waals surface area contributed by atoms with E-state index < -0.39 is 46.4 Å². The van der Waals surface area contributed by atoms with Crippen molar-refractivity contribution >= 4 is 33.2 Å². The van der Waals surface area contributed by atoms with E-state index in [1.54, 1.807) is 25.1 Å². The lowest BCUT2D eigenvalue weighted by Gasteiger charge is -2.29. The Balaban J connectivity index is 1.76. The maximum Gasteiger partial charge on any atom is 0.408 e. The maximum absolute atomic E-state index is 12.9. The number of amides is 2. The third-order valence-corrected chi connectivity index (χ3v) is 6.63. The minimum atomic E-state index is -4.58. The Morgan fingerprint density at radius 2 is 1.78 bits per heavy atom. The first-order chi connectivity index (χ1) is 14.9. The summed E-state index contributed by atoms with van der Waals surface area (Å²) in [5, 5.41) is 4.25. The van der Waals surface area contributed by atoms with Crippen LogP contribution in [0.5, 0.6) is 0 Å². The second kappa shape index (κ2) is 8.81. The van der Waals surface area contributed by atoms with Gasteiger partial charge >= 0.3 is 6.18 Å². The van der Waals surface area contributed by atoms with Crippen molar-refractivity contribution in [3.8, 4) is 0 Å². The van der Waals surface area contributed by atoms with Crippen LogP contribution >= 0.6 is 0 Å². The minimum absolute atomic E-state index is 0.0814. The van der Waals surface area contributed by atoms with Gasteiger partial charge in [-0.05, 0) is 62.1 Å². The van der Waals surface area contributed by atoms with E-state index in [-0.39, 0.29) is 17.0 Å². The van der Waals surface area contributed by atoms with Crippen molar-refractivity contribution in [1.82, 2.24) is 5.32 Å². The van der Waals surface area contributed by atoms with Gasteiger partial charge in [-0.15, -0.1) is 0 Å². The normalized spacial score (nSPS) is 19.2. The van der Waals surface area contributed by atoms with E-state index in [0.717, 1.165) is 5.56 Å². The summed E-state index contributed by atoms with van der Waals surface area (Å²) in [5.41, 5.74) is 1.76. The molecule has 32 heavy (non-hydrogen) atoms. The number of sulfonamides is 1. The van der Waals surface area contributed by atoms with E-state index in [4.69, 9.17) is 0 Å². The predicted octanol–water partition coefficient (Wildman–Crippen LogP) is 3.50. The number of carbonyl (C=O) groups excluding carboxylic acids is 2. The summed E-state index contributed by atoms with van der Waals surface area (Å²) in [4.78, 5) is 24.4. The molecule has 3 N–H and O–H groups in total. The molecule has 11 heteroatoms. The molecule has 1 aliphatic heterocycles. The smallest absolute Gasteiger partial charge is 0.344 e. The van der Waals surface area contributed by atoms with Crippen LogP contribution in [-0.2, 0) is 19.6 Å². The Kier molecular flexibility index (Phi) is 6.49. The van der Waals surface area contributed by atoms with Gasteiger partial charge < -0.3 is 10.6 Å². The summed E-state index contributed by atoms with van der Waals surface area (Å²) in [6.45, 7) is 3.40. The molecule has 2 aromatic rings. The Hall–Kier alpha value is -3.08. The lowest BCUT2D eigenvalue weighted by molar-refractivity contribution is -0.170. The highest BCUT2D eigenvalue weighted by atomic mass is 32.2. The van der Waals surface area contributed by atoms with Gasteiger partial charge in [-0.1, -0.05) is 18.2 Å². The lowest BCUT2D eigenvalue weighted by atomic mass is 9.92. The summed E-state index contributed by atoms with van der Waals surface area (Å²) >= 11 is 0. The second-order valence-corrected chi connectivity index (χ2v) is 9.33. The van der Waals surface area contributed by atoms with E-state index >= 15 is 0 Å². The molecule has 3 rings (SSSR count). The van der Waals surface area contributed by atoms with E-state index in [1.807, 2.05) is 18.3 Å². The molecule has 1 saturated heterocycles. The fourth-order valence-electron chi connectivity index (χ4n) is 3.42. The number of nitrogens with one attached hydrogen (secondary N) is 3. The van der Waals surface area contributed by atoms with Gasteiger partial charge in [0.25, 0.3) is 10.0 Å². The van der Waals surface area contributed by atoms with Crippen LogP contribution in [0.25, 0.3) is 0 Å². The summed E-state index contributed by atoms with van der Waals surface area (Å²) in [7, 11) is -3.98. The number of halogens is 3. The highest BCUT2D eigenvalue weighted by molar-refractivity contribution is 7.92. The number of rotatable bonds is 5. The highest BCUT2D eigenvalue weighted by Gasteiger charge is 2.45. The fourth-order valence-corrected chi connectivity index (χ4v) is 4.74. The number of piperidine rings is 1. The number of anilines is 2. The first kappa shape index (κ1) is 23.6. The number of hydrogen-bond acceptors (Lipinski definition) is 4. The number of alkyl halides is 3. The largest absolute Gasteiger partial charge is 0.408 e. The topological polar surface area (TPSA) is 104 Å². The lowest BCUT2D eigenvalue weighted by Crippen LogP contribution is -2.53. The molecule has 2 unspecified atom stereocenters. The zero-order chi connectivity index (χ0) is 23.7. The zero-order valence-corrected chi connectivity index (χ0v) is 18.1. The number of carbonyl (C=O) groups is 2. The van der Waals surface area contributed by atoms with Gasteiger partial charge in [0.15, 0.2) is 0 Å². The van der Waals surface area contributed by atoms with Crippen LogP contribution in [0, 0.1) is 19.8 Å². The van der Waals surface area contributed by atoms with Gasteiger partial charge in [-0.25, -0.2) is 8.42 Å². The van der Waals surface area contributed by atoms with Crippen LogP contribution in [0.2, 0.25) is 0 Å². The third kappa shape index (κ3) is 5.39. The molecule has 1 heterocycles. The van der Waals surface area contributed by atoms with Gasteiger partial charge in [-0.3, -0.25) is 14.3 Å². The number of hydrogen-bond donors (Lipinski definition) is 3. The molecular weight excluding hydrogens is 447 g/mol. The molecule has 7 nitrogen and oxygen atoms in total. The quantitative estimate of drug-likeness (QED) is 0.583. The molecule has 1 aliphatic rings. The van der Waals surface area contributed by atoms with Gasteiger partial charge in [0, 0.05) is 11.4 Å². The fraction of sp³-hybridized carbons (Fsp3) is 0.333. The average molecular weight is 469 g/mol. The van der Waals surface area contributed by atoms with Crippen molar-refractivity contribution in [3.63, 3.8) is 0 Å². The van der Waals surface area contributed by atoms with Crippen LogP contribution in [-0.4, -0.2) is 32.5 Å². The SMILES string of the molecule is Cc1cccc(NS(=O)(=O)c2cc(NC(=O)C3CCC(C(F)(F)F)NC3=O)ccc2C)c1. The summed E-state index contributed by atoms with van der Waals surface area (Å²) in [6, 6.07) is 8.98. The van der Waals surface area contributed by atoms with E-state index in [9.17, 15) is 31.2 Å². The molecule has 1 fully saturated rings. The summed E-state index contributed by atoms with van der Waals surface area (Å²) < 4.78 is 66.5. The van der Waals surface area contributed by atoms with Crippen LogP contribution in [0.15, 0.2) is 47.4 Å².